The normalized spacial score (nSPS) is 17.7. The van der Waals surface area contributed by atoms with Crippen molar-refractivity contribution in [1.82, 2.24) is 9.91 Å². The number of benzene rings is 1. The molecule has 1 aliphatic heterocycles. The summed E-state index contributed by atoms with van der Waals surface area (Å²) in [6, 6.07) is 7.32. The third-order valence-corrected chi connectivity index (χ3v) is 3.90. The Morgan fingerprint density at radius 1 is 1.36 bits per heavy atom. The number of esters is 1. The van der Waals surface area contributed by atoms with Gasteiger partial charge in [0.25, 0.3) is 5.91 Å². The van der Waals surface area contributed by atoms with E-state index in [2.05, 4.69) is 0 Å². The summed E-state index contributed by atoms with van der Waals surface area (Å²) in [7, 11) is 1.59. The predicted molar refractivity (Wildman–Crippen MR) is 93.1 cm³/mol. The number of hydrogen-bond acceptors (Lipinski definition) is 6. The Labute approximate surface area is 151 Å². The van der Waals surface area contributed by atoms with Crippen molar-refractivity contribution in [3.8, 4) is 5.75 Å². The van der Waals surface area contributed by atoms with Gasteiger partial charge in [0.2, 0.25) is 0 Å². The van der Waals surface area contributed by atoms with Gasteiger partial charge in [-0.3, -0.25) is 9.80 Å². The van der Waals surface area contributed by atoms with E-state index in [0.717, 1.165) is 16.3 Å². The third kappa shape index (κ3) is 4.74. The van der Waals surface area contributed by atoms with Crippen LogP contribution in [-0.4, -0.2) is 41.0 Å². The first-order chi connectivity index (χ1) is 12.0. The summed E-state index contributed by atoms with van der Waals surface area (Å²) in [6.45, 7) is 2.30. The van der Waals surface area contributed by atoms with Crippen LogP contribution in [0.1, 0.15) is 12.5 Å². The first kappa shape index (κ1) is 18.8. The second-order valence-electron chi connectivity index (χ2n) is 5.20. The summed E-state index contributed by atoms with van der Waals surface area (Å²) >= 11 is 6.10. The number of carbonyl (C=O) groups is 2. The fourth-order valence-corrected chi connectivity index (χ4v) is 2.44. The van der Waals surface area contributed by atoms with Crippen molar-refractivity contribution in [3.63, 3.8) is 0 Å². The number of ether oxygens (including phenoxy) is 2. The molecule has 1 amide bonds. The van der Waals surface area contributed by atoms with Crippen LogP contribution in [0.5, 0.6) is 5.75 Å². The number of methoxy groups -OCH3 is 1. The van der Waals surface area contributed by atoms with Crippen LogP contribution in [-0.2, 0) is 20.9 Å². The molecule has 2 N–H and O–H groups in total. The zero-order valence-corrected chi connectivity index (χ0v) is 14.8. The highest BCUT2D eigenvalue weighted by Crippen LogP contribution is 2.22. The largest absolute Gasteiger partial charge is 0.497 e. The molecule has 134 valence electrons. The molecule has 0 saturated heterocycles. The molecular weight excluding hydrogens is 346 g/mol. The van der Waals surface area contributed by atoms with Gasteiger partial charge in [-0.2, -0.15) is 0 Å². The predicted octanol–water partition coefficient (Wildman–Crippen LogP) is 1.74. The van der Waals surface area contributed by atoms with Crippen LogP contribution >= 0.6 is 11.6 Å². The lowest BCUT2D eigenvalue weighted by molar-refractivity contribution is -0.137. The average molecular weight is 366 g/mol. The molecule has 1 aromatic carbocycles. The Hall–Kier alpha value is -2.51. The van der Waals surface area contributed by atoms with Crippen molar-refractivity contribution in [3.05, 3.63) is 53.9 Å². The summed E-state index contributed by atoms with van der Waals surface area (Å²) < 4.78 is 9.94. The van der Waals surface area contributed by atoms with E-state index in [-0.39, 0.29) is 12.5 Å². The van der Waals surface area contributed by atoms with Crippen LogP contribution in [0.3, 0.4) is 0 Å². The van der Waals surface area contributed by atoms with Gasteiger partial charge in [0.15, 0.2) is 5.50 Å². The molecule has 7 nitrogen and oxygen atoms in total. The molecule has 2 rings (SSSR count). The molecule has 1 aromatic rings. The Bertz CT molecular complexity index is 688. The number of nitrogens with zero attached hydrogens (tertiary/aromatic N) is 2. The van der Waals surface area contributed by atoms with Gasteiger partial charge in [-0.05, 0) is 30.7 Å². The molecule has 0 fully saturated rings. The van der Waals surface area contributed by atoms with Gasteiger partial charge in [0.05, 0.1) is 26.0 Å². The maximum absolute atomic E-state index is 12.3. The van der Waals surface area contributed by atoms with E-state index in [1.807, 2.05) is 24.3 Å². The van der Waals surface area contributed by atoms with Crippen LogP contribution in [0.4, 0.5) is 0 Å². The van der Waals surface area contributed by atoms with Crippen molar-refractivity contribution in [2.24, 2.45) is 5.84 Å². The van der Waals surface area contributed by atoms with E-state index in [0.29, 0.717) is 12.2 Å². The standard InChI is InChI=1S/C17H20ClN3O4/c1-3-25-15(22)9-6-13-11-20(17(23)16(18)21(13)19)10-12-4-7-14(24-2)8-5-12/h4-9,11,16H,3,10,19H2,1-2H3/b9-6+. The first-order valence-corrected chi connectivity index (χ1v) is 8.08. The summed E-state index contributed by atoms with van der Waals surface area (Å²) in [6.07, 6.45) is 4.24. The molecule has 0 aromatic heterocycles. The fraction of sp³-hybridized carbons (Fsp3) is 0.294. The zero-order chi connectivity index (χ0) is 18.4. The molecule has 0 spiro atoms. The first-order valence-electron chi connectivity index (χ1n) is 7.64. The number of rotatable bonds is 6. The van der Waals surface area contributed by atoms with Gasteiger partial charge in [0, 0.05) is 12.3 Å². The van der Waals surface area contributed by atoms with Gasteiger partial charge in [0.1, 0.15) is 5.75 Å². The van der Waals surface area contributed by atoms with E-state index in [4.69, 9.17) is 26.9 Å². The SMILES string of the molecule is CCOC(=O)/C=C/C1=CN(Cc2ccc(OC)cc2)C(=O)C(Cl)N1N. The van der Waals surface area contributed by atoms with E-state index < -0.39 is 11.5 Å². The molecule has 0 aliphatic carbocycles. The van der Waals surface area contributed by atoms with Gasteiger partial charge < -0.3 is 14.4 Å². The van der Waals surface area contributed by atoms with Gasteiger partial charge in [-0.25, -0.2) is 10.6 Å². The number of allylic oxidation sites excluding steroid dienone is 1. The van der Waals surface area contributed by atoms with E-state index >= 15 is 0 Å². The molecule has 8 heteroatoms. The zero-order valence-electron chi connectivity index (χ0n) is 14.0. The second-order valence-corrected chi connectivity index (χ2v) is 5.61. The fourth-order valence-electron chi connectivity index (χ4n) is 2.20. The van der Waals surface area contributed by atoms with Gasteiger partial charge in [-0.1, -0.05) is 23.7 Å². The number of nitrogens with two attached hydrogens (primary N) is 1. The van der Waals surface area contributed by atoms with Crippen LogP contribution < -0.4 is 10.6 Å². The van der Waals surface area contributed by atoms with Crippen molar-refractivity contribution < 1.29 is 19.1 Å². The minimum absolute atomic E-state index is 0.273. The molecule has 0 saturated carbocycles. The number of hydrogen-bond donors (Lipinski definition) is 1. The topological polar surface area (TPSA) is 85.1 Å². The maximum Gasteiger partial charge on any atom is 0.330 e. The molecule has 1 aliphatic rings. The number of halogens is 1. The van der Waals surface area contributed by atoms with E-state index in [9.17, 15) is 9.59 Å². The number of carbonyl (C=O) groups excluding carboxylic acids is 2. The van der Waals surface area contributed by atoms with Crippen LogP contribution in [0.25, 0.3) is 0 Å². The highest BCUT2D eigenvalue weighted by Gasteiger charge is 2.31. The quantitative estimate of drug-likeness (QED) is 0.272. The Morgan fingerprint density at radius 3 is 2.64 bits per heavy atom. The third-order valence-electron chi connectivity index (χ3n) is 3.51. The molecule has 1 heterocycles. The Morgan fingerprint density at radius 2 is 2.04 bits per heavy atom. The summed E-state index contributed by atoms with van der Waals surface area (Å²) in [4.78, 5) is 25.2. The van der Waals surface area contributed by atoms with Crippen molar-refractivity contribution in [2.75, 3.05) is 13.7 Å². The summed E-state index contributed by atoms with van der Waals surface area (Å²) in [5.41, 5.74) is 0.250. The lowest BCUT2D eigenvalue weighted by Gasteiger charge is -2.34. The Balaban J connectivity index is 2.19. The molecule has 1 atom stereocenters. The van der Waals surface area contributed by atoms with Crippen LogP contribution in [0.15, 0.2) is 48.3 Å². The number of alkyl halides is 1. The lowest BCUT2D eigenvalue weighted by atomic mass is 10.2. The molecule has 0 radical (unpaired) electrons. The van der Waals surface area contributed by atoms with Crippen molar-refractivity contribution in [2.45, 2.75) is 19.0 Å². The molecule has 0 bridgehead atoms. The van der Waals surface area contributed by atoms with Crippen molar-refractivity contribution in [1.29, 1.82) is 0 Å². The minimum Gasteiger partial charge on any atom is -0.497 e. The van der Waals surface area contributed by atoms with Gasteiger partial charge >= 0.3 is 5.97 Å². The Kier molecular flexibility index (Phi) is 6.44. The molecule has 1 unspecified atom stereocenters. The van der Waals surface area contributed by atoms with Crippen LogP contribution in [0.2, 0.25) is 0 Å². The molecular formula is C17H20ClN3O4. The summed E-state index contributed by atoms with van der Waals surface area (Å²) in [5, 5.41) is 1.10. The van der Waals surface area contributed by atoms with Gasteiger partial charge in [-0.15, -0.1) is 0 Å². The van der Waals surface area contributed by atoms with E-state index in [1.165, 1.54) is 17.1 Å². The highest BCUT2D eigenvalue weighted by molar-refractivity contribution is 6.30. The summed E-state index contributed by atoms with van der Waals surface area (Å²) in [5.74, 6) is 5.71. The van der Waals surface area contributed by atoms with E-state index in [1.54, 1.807) is 20.2 Å². The average Bonchev–Trinajstić information content (AvgIpc) is 2.62. The van der Waals surface area contributed by atoms with Crippen molar-refractivity contribution >= 4 is 23.5 Å². The highest BCUT2D eigenvalue weighted by atomic mass is 35.5. The minimum atomic E-state index is -1.06. The molecule has 25 heavy (non-hydrogen) atoms. The lowest BCUT2D eigenvalue weighted by Crippen LogP contribution is -2.50. The monoisotopic (exact) mass is 365 g/mol. The second kappa shape index (κ2) is 8.55. The smallest absolute Gasteiger partial charge is 0.330 e. The maximum atomic E-state index is 12.3. The van der Waals surface area contributed by atoms with Crippen LogP contribution in [0, 0.1) is 0 Å². The number of hydrazine groups is 1. The number of amides is 1.